The van der Waals surface area contributed by atoms with E-state index >= 15 is 0 Å². The van der Waals surface area contributed by atoms with Crippen LogP contribution in [0.5, 0.6) is 0 Å². The molecule has 2 saturated heterocycles. The minimum Gasteiger partial charge on any atom is -0.469 e. The van der Waals surface area contributed by atoms with Crippen molar-refractivity contribution < 1.29 is 42.9 Å². The third-order valence-corrected chi connectivity index (χ3v) is 9.78. The van der Waals surface area contributed by atoms with Crippen molar-refractivity contribution in [2.75, 3.05) is 21.3 Å². The summed E-state index contributed by atoms with van der Waals surface area (Å²) in [5, 5.41) is 0. The lowest BCUT2D eigenvalue weighted by Crippen LogP contribution is -2.72. The SMILES string of the molecule is COC(=O)CC1=C(C)[C@@H]2C[C@@]3(C)C(=O)O[C@H]4O[C@@H](C)C(=O)[C@](C(=O)OC)([C@H]43)[C@@]2(C)CC=C1C(C)(C)OC. The highest BCUT2D eigenvalue weighted by Crippen LogP contribution is 2.72. The Bertz CT molecular complexity index is 1120. The van der Waals surface area contributed by atoms with Crippen LogP contribution in [0.2, 0.25) is 0 Å². The lowest BCUT2D eigenvalue weighted by Gasteiger charge is -2.61. The first-order valence-corrected chi connectivity index (χ1v) is 12.7. The van der Waals surface area contributed by atoms with E-state index in [4.69, 9.17) is 23.7 Å². The standard InChI is InChI=1S/C28H38O9/c1-14-16(12-19(29)33-7)17(25(3,4)35-9)10-11-27(6)18(14)13-26(5)20-22(37-23(26)31)36-15(2)21(30)28(20,27)24(32)34-8/h10,15,18,20,22H,11-13H2,1-9H3/t15-,18-,20+,22+,26+,27-,28-/m0/s1. The van der Waals surface area contributed by atoms with Crippen LogP contribution in [-0.4, -0.2) is 63.0 Å². The molecular formula is C28H38O9. The Morgan fingerprint density at radius 2 is 1.78 bits per heavy atom. The molecule has 0 bridgehead atoms. The molecule has 9 heteroatoms. The quantitative estimate of drug-likeness (QED) is 0.307. The zero-order chi connectivity index (χ0) is 27.7. The van der Waals surface area contributed by atoms with Crippen molar-refractivity contribution >= 4 is 23.7 Å². The van der Waals surface area contributed by atoms with Gasteiger partial charge in [0.1, 0.15) is 11.5 Å². The van der Waals surface area contributed by atoms with Crippen LogP contribution in [0.3, 0.4) is 0 Å². The zero-order valence-corrected chi connectivity index (χ0v) is 23.2. The number of hydrogen-bond acceptors (Lipinski definition) is 9. The van der Waals surface area contributed by atoms with Gasteiger partial charge in [0.15, 0.2) is 5.78 Å². The van der Waals surface area contributed by atoms with Gasteiger partial charge in [-0.05, 0) is 64.5 Å². The van der Waals surface area contributed by atoms with Crippen molar-refractivity contribution in [2.24, 2.45) is 28.1 Å². The number of fused-ring (bicyclic) bond motifs is 2. The molecule has 9 nitrogen and oxygen atoms in total. The van der Waals surface area contributed by atoms with Crippen LogP contribution in [0.4, 0.5) is 0 Å². The van der Waals surface area contributed by atoms with Gasteiger partial charge in [0.25, 0.3) is 0 Å². The topological polar surface area (TPSA) is 114 Å². The molecule has 0 aromatic heterocycles. The summed E-state index contributed by atoms with van der Waals surface area (Å²) < 4.78 is 27.8. The minimum atomic E-state index is -1.71. The molecule has 2 heterocycles. The van der Waals surface area contributed by atoms with Crippen molar-refractivity contribution in [2.45, 2.75) is 78.8 Å². The van der Waals surface area contributed by atoms with E-state index in [2.05, 4.69) is 0 Å². The van der Waals surface area contributed by atoms with E-state index in [9.17, 15) is 19.2 Å². The highest BCUT2D eigenvalue weighted by molar-refractivity contribution is 6.09. The number of carbonyl (C=O) groups is 4. The van der Waals surface area contributed by atoms with Crippen LogP contribution in [0.25, 0.3) is 0 Å². The van der Waals surface area contributed by atoms with Gasteiger partial charge in [-0.2, -0.15) is 0 Å². The first kappa shape index (κ1) is 27.5. The fourth-order valence-electron chi connectivity index (χ4n) is 7.62. The van der Waals surface area contributed by atoms with E-state index in [1.807, 2.05) is 33.8 Å². The number of rotatable bonds is 5. The second-order valence-electron chi connectivity index (χ2n) is 11.7. The van der Waals surface area contributed by atoms with Crippen molar-refractivity contribution in [3.8, 4) is 0 Å². The molecule has 3 fully saturated rings. The summed E-state index contributed by atoms with van der Waals surface area (Å²) in [6, 6.07) is 0. The maximum absolute atomic E-state index is 14.2. The van der Waals surface area contributed by atoms with Crippen molar-refractivity contribution in [1.82, 2.24) is 0 Å². The van der Waals surface area contributed by atoms with Crippen molar-refractivity contribution in [1.29, 1.82) is 0 Å². The molecule has 37 heavy (non-hydrogen) atoms. The molecule has 7 atom stereocenters. The summed E-state index contributed by atoms with van der Waals surface area (Å²) in [7, 11) is 4.19. The molecule has 0 amide bonds. The van der Waals surface area contributed by atoms with E-state index in [1.165, 1.54) is 14.2 Å². The molecule has 2 aliphatic carbocycles. The highest BCUT2D eigenvalue weighted by Gasteiger charge is 2.81. The van der Waals surface area contributed by atoms with E-state index in [0.717, 1.165) is 16.7 Å². The lowest BCUT2D eigenvalue weighted by molar-refractivity contribution is -0.251. The molecule has 0 N–H and O–H groups in total. The number of ketones is 1. The molecule has 0 aromatic rings. The molecule has 204 valence electrons. The molecule has 0 spiro atoms. The summed E-state index contributed by atoms with van der Waals surface area (Å²) in [6.45, 7) is 11.0. The molecule has 1 saturated carbocycles. The van der Waals surface area contributed by atoms with Gasteiger partial charge < -0.3 is 23.7 Å². The van der Waals surface area contributed by atoms with Gasteiger partial charge in [-0.3, -0.25) is 19.2 Å². The number of carbonyl (C=O) groups excluding carboxylic acids is 4. The maximum atomic E-state index is 14.2. The first-order valence-electron chi connectivity index (χ1n) is 12.7. The Morgan fingerprint density at radius 3 is 2.35 bits per heavy atom. The maximum Gasteiger partial charge on any atom is 0.320 e. The highest BCUT2D eigenvalue weighted by atomic mass is 16.7. The van der Waals surface area contributed by atoms with Crippen LogP contribution in [0.15, 0.2) is 22.8 Å². The van der Waals surface area contributed by atoms with Crippen LogP contribution >= 0.6 is 0 Å². The average Bonchev–Trinajstić information content (AvgIpc) is 3.04. The number of methoxy groups -OCH3 is 3. The van der Waals surface area contributed by atoms with E-state index in [0.29, 0.717) is 12.8 Å². The molecule has 4 rings (SSSR count). The van der Waals surface area contributed by atoms with Crippen LogP contribution in [0.1, 0.15) is 60.8 Å². The van der Waals surface area contributed by atoms with Gasteiger partial charge in [-0.25, -0.2) is 0 Å². The predicted molar refractivity (Wildman–Crippen MR) is 131 cm³/mol. The number of ether oxygens (including phenoxy) is 5. The molecule has 0 radical (unpaired) electrons. The molecule has 2 aliphatic heterocycles. The number of allylic oxidation sites excluding steroid dienone is 2. The number of hydrogen-bond donors (Lipinski definition) is 0. The second-order valence-corrected chi connectivity index (χ2v) is 11.7. The summed E-state index contributed by atoms with van der Waals surface area (Å²) in [4.78, 5) is 54.2. The Morgan fingerprint density at radius 1 is 1.14 bits per heavy atom. The van der Waals surface area contributed by atoms with Crippen LogP contribution in [0, 0.1) is 28.1 Å². The van der Waals surface area contributed by atoms with Gasteiger partial charge in [0.05, 0.1) is 37.6 Å². The fraction of sp³-hybridized carbons (Fsp3) is 0.714. The van der Waals surface area contributed by atoms with Gasteiger partial charge >= 0.3 is 17.9 Å². The third kappa shape index (κ3) is 3.42. The Hall–Kier alpha value is -2.52. The summed E-state index contributed by atoms with van der Waals surface area (Å²) in [5.41, 5.74) is -2.36. The minimum absolute atomic E-state index is 0.0144. The number of Topliss-reactive ketones (excluding diaryl/α,β-unsaturated/α-hetero) is 1. The molecule has 0 aromatic carbocycles. The summed E-state index contributed by atoms with van der Waals surface area (Å²) >= 11 is 0. The van der Waals surface area contributed by atoms with Gasteiger partial charge in [0, 0.05) is 12.5 Å². The molecular weight excluding hydrogens is 480 g/mol. The summed E-state index contributed by atoms with van der Waals surface area (Å²) in [6.07, 6.45) is 0.564. The van der Waals surface area contributed by atoms with E-state index in [-0.39, 0.29) is 6.42 Å². The van der Waals surface area contributed by atoms with E-state index < -0.39 is 69.8 Å². The fourth-order valence-corrected chi connectivity index (χ4v) is 7.62. The second kappa shape index (κ2) is 8.76. The predicted octanol–water partition coefficient (Wildman–Crippen LogP) is 3.30. The van der Waals surface area contributed by atoms with Crippen molar-refractivity contribution in [3.63, 3.8) is 0 Å². The Balaban J connectivity index is 2.09. The smallest absolute Gasteiger partial charge is 0.320 e. The Kier molecular flexibility index (Phi) is 6.52. The third-order valence-electron chi connectivity index (χ3n) is 9.78. The average molecular weight is 519 g/mol. The van der Waals surface area contributed by atoms with Crippen molar-refractivity contribution in [3.05, 3.63) is 22.8 Å². The summed E-state index contributed by atoms with van der Waals surface area (Å²) in [5.74, 6) is -3.32. The van der Waals surface area contributed by atoms with Gasteiger partial charge in [0.2, 0.25) is 6.29 Å². The molecule has 0 unspecified atom stereocenters. The normalized spacial score (nSPS) is 39.2. The van der Waals surface area contributed by atoms with Crippen LogP contribution < -0.4 is 0 Å². The van der Waals surface area contributed by atoms with E-state index in [1.54, 1.807) is 21.0 Å². The molecule has 4 aliphatic rings. The van der Waals surface area contributed by atoms with Crippen LogP contribution in [-0.2, 0) is 42.9 Å². The lowest BCUT2D eigenvalue weighted by atomic mass is 9.39. The Labute approximate surface area is 217 Å². The monoisotopic (exact) mass is 518 g/mol. The first-order chi connectivity index (χ1) is 17.2. The van der Waals surface area contributed by atoms with Gasteiger partial charge in [-0.15, -0.1) is 0 Å². The van der Waals surface area contributed by atoms with Gasteiger partial charge in [-0.1, -0.05) is 18.6 Å². The zero-order valence-electron chi connectivity index (χ0n) is 23.2. The number of esters is 3. The largest absolute Gasteiger partial charge is 0.469 e.